The second kappa shape index (κ2) is 5.88. The lowest BCUT2D eigenvalue weighted by molar-refractivity contribution is 0.791. The van der Waals surface area contributed by atoms with Crippen molar-refractivity contribution in [3.8, 4) is 17.2 Å². The summed E-state index contributed by atoms with van der Waals surface area (Å²) in [5, 5.41) is 14.2. The average Bonchev–Trinajstić information content (AvgIpc) is 3.21. The number of hydrogen-bond donors (Lipinski definition) is 1. The van der Waals surface area contributed by atoms with Crippen molar-refractivity contribution in [1.82, 2.24) is 29.5 Å². The minimum absolute atomic E-state index is 0.342. The van der Waals surface area contributed by atoms with Crippen LogP contribution in [0.3, 0.4) is 0 Å². The van der Waals surface area contributed by atoms with Crippen molar-refractivity contribution < 1.29 is 0 Å². The van der Waals surface area contributed by atoms with E-state index in [1.54, 1.807) is 6.07 Å². The Bertz CT molecular complexity index is 1300. The van der Waals surface area contributed by atoms with E-state index in [-0.39, 0.29) is 0 Å². The summed E-state index contributed by atoms with van der Waals surface area (Å²) in [7, 11) is 1.96. The zero-order valence-electron chi connectivity index (χ0n) is 14.3. The van der Waals surface area contributed by atoms with Gasteiger partial charge in [0.05, 0.1) is 11.2 Å². The Morgan fingerprint density at radius 2 is 1.78 bits per heavy atom. The molecule has 8 heteroatoms. The highest BCUT2D eigenvalue weighted by molar-refractivity contribution is 9.10. The van der Waals surface area contributed by atoms with Crippen LogP contribution in [0, 0.1) is 0 Å². The summed E-state index contributed by atoms with van der Waals surface area (Å²) in [6.07, 6.45) is 0. The number of aryl methyl sites for hydroxylation is 1. The standard InChI is InChI=1S/C19H14BrN7/c1-26-15-5-3-2-4-13(15)17-18(26)22-19(24-23-17)27-16(21)10-14(25-27)11-6-8-12(20)9-7-11/h2-10H,21H2,1H3. The van der Waals surface area contributed by atoms with Gasteiger partial charge in [-0.3, -0.25) is 0 Å². The van der Waals surface area contributed by atoms with Crippen molar-refractivity contribution in [3.63, 3.8) is 0 Å². The Labute approximate surface area is 162 Å². The van der Waals surface area contributed by atoms with Crippen molar-refractivity contribution in [2.24, 2.45) is 7.05 Å². The smallest absolute Gasteiger partial charge is 0.274 e. The zero-order valence-corrected chi connectivity index (χ0v) is 15.9. The monoisotopic (exact) mass is 419 g/mol. The summed E-state index contributed by atoms with van der Waals surface area (Å²) in [5.41, 5.74) is 10.4. The maximum atomic E-state index is 6.17. The van der Waals surface area contributed by atoms with Gasteiger partial charge in [0, 0.05) is 28.5 Å². The number of benzene rings is 2. The zero-order chi connectivity index (χ0) is 18.5. The Morgan fingerprint density at radius 3 is 2.59 bits per heavy atom. The highest BCUT2D eigenvalue weighted by Crippen LogP contribution is 2.26. The van der Waals surface area contributed by atoms with Crippen LogP contribution in [0.2, 0.25) is 0 Å². The van der Waals surface area contributed by atoms with Gasteiger partial charge in [0.1, 0.15) is 11.3 Å². The molecule has 7 nitrogen and oxygen atoms in total. The normalized spacial score (nSPS) is 11.5. The number of aromatic nitrogens is 6. The predicted octanol–water partition coefficient (Wildman–Crippen LogP) is 3.71. The van der Waals surface area contributed by atoms with E-state index in [1.165, 1.54) is 4.68 Å². The summed E-state index contributed by atoms with van der Waals surface area (Å²) < 4.78 is 4.52. The Morgan fingerprint density at radius 1 is 1.00 bits per heavy atom. The summed E-state index contributed by atoms with van der Waals surface area (Å²) in [6, 6.07) is 17.7. The fourth-order valence-corrected chi connectivity index (χ4v) is 3.47. The Hall–Kier alpha value is -3.26. The second-order valence-electron chi connectivity index (χ2n) is 6.23. The maximum Gasteiger partial charge on any atom is 0.274 e. The molecule has 0 saturated carbocycles. The maximum absolute atomic E-state index is 6.17. The molecule has 0 aliphatic carbocycles. The molecular weight excluding hydrogens is 406 g/mol. The molecule has 3 heterocycles. The van der Waals surface area contributed by atoms with Gasteiger partial charge in [-0.2, -0.15) is 14.8 Å². The quantitative estimate of drug-likeness (QED) is 0.471. The lowest BCUT2D eigenvalue weighted by atomic mass is 10.2. The number of nitrogens with two attached hydrogens (primary N) is 1. The van der Waals surface area contributed by atoms with E-state index >= 15 is 0 Å². The Kier molecular flexibility index (Phi) is 3.48. The molecule has 0 saturated heterocycles. The number of anilines is 1. The third kappa shape index (κ3) is 2.48. The first kappa shape index (κ1) is 16.0. The van der Waals surface area contributed by atoms with E-state index in [9.17, 15) is 0 Å². The number of nitrogens with zero attached hydrogens (tertiary/aromatic N) is 6. The molecule has 0 aliphatic rings. The van der Waals surface area contributed by atoms with Gasteiger partial charge < -0.3 is 10.3 Å². The third-order valence-electron chi connectivity index (χ3n) is 4.56. The van der Waals surface area contributed by atoms with E-state index in [4.69, 9.17) is 5.73 Å². The molecule has 5 rings (SSSR count). The van der Waals surface area contributed by atoms with Crippen molar-refractivity contribution in [1.29, 1.82) is 0 Å². The van der Waals surface area contributed by atoms with Gasteiger partial charge in [0.15, 0.2) is 5.65 Å². The molecule has 0 unspecified atom stereocenters. The molecule has 5 aromatic rings. The molecule has 0 aliphatic heterocycles. The second-order valence-corrected chi connectivity index (χ2v) is 7.15. The molecule has 0 atom stereocenters. The molecule has 0 spiro atoms. The molecule has 3 aromatic heterocycles. The van der Waals surface area contributed by atoms with Crippen LogP contribution in [0.1, 0.15) is 0 Å². The van der Waals surface area contributed by atoms with E-state index in [0.29, 0.717) is 11.8 Å². The van der Waals surface area contributed by atoms with Crippen LogP contribution in [0.4, 0.5) is 5.82 Å². The molecule has 2 aromatic carbocycles. The van der Waals surface area contributed by atoms with Crippen LogP contribution in [0.5, 0.6) is 0 Å². The van der Waals surface area contributed by atoms with Crippen LogP contribution in [0.25, 0.3) is 39.3 Å². The predicted molar refractivity (Wildman–Crippen MR) is 108 cm³/mol. The van der Waals surface area contributed by atoms with Crippen LogP contribution < -0.4 is 5.73 Å². The highest BCUT2D eigenvalue weighted by atomic mass is 79.9. The van der Waals surface area contributed by atoms with E-state index < -0.39 is 0 Å². The summed E-state index contributed by atoms with van der Waals surface area (Å²) >= 11 is 3.44. The lowest BCUT2D eigenvalue weighted by Crippen LogP contribution is -2.08. The number of para-hydroxylation sites is 1. The number of fused-ring (bicyclic) bond motifs is 3. The van der Waals surface area contributed by atoms with Crippen molar-refractivity contribution in [2.45, 2.75) is 0 Å². The lowest BCUT2D eigenvalue weighted by Gasteiger charge is -2.02. The van der Waals surface area contributed by atoms with E-state index in [1.807, 2.05) is 60.1 Å². The minimum Gasteiger partial charge on any atom is -0.383 e. The summed E-state index contributed by atoms with van der Waals surface area (Å²) in [4.78, 5) is 4.67. The molecule has 0 fully saturated rings. The van der Waals surface area contributed by atoms with E-state index in [2.05, 4.69) is 36.2 Å². The van der Waals surface area contributed by atoms with Crippen LogP contribution in [-0.4, -0.2) is 29.5 Å². The summed E-state index contributed by atoms with van der Waals surface area (Å²) in [5.74, 6) is 0.794. The fourth-order valence-electron chi connectivity index (χ4n) is 3.21. The molecule has 27 heavy (non-hydrogen) atoms. The SMILES string of the molecule is Cn1c2ccccc2c2nnc(-n3nc(-c4ccc(Br)cc4)cc3N)nc21. The number of nitrogen functional groups attached to an aromatic ring is 1. The Balaban J connectivity index is 1.66. The summed E-state index contributed by atoms with van der Waals surface area (Å²) in [6.45, 7) is 0. The first-order chi connectivity index (χ1) is 13.1. The fraction of sp³-hybridized carbons (Fsp3) is 0.0526. The van der Waals surface area contributed by atoms with Crippen molar-refractivity contribution >= 4 is 43.8 Å². The number of halogens is 1. The number of hydrogen-bond acceptors (Lipinski definition) is 5. The first-order valence-corrected chi connectivity index (χ1v) is 9.11. The van der Waals surface area contributed by atoms with Gasteiger partial charge in [-0.1, -0.05) is 46.3 Å². The van der Waals surface area contributed by atoms with E-state index in [0.717, 1.165) is 37.8 Å². The average molecular weight is 420 g/mol. The van der Waals surface area contributed by atoms with Crippen molar-refractivity contribution in [3.05, 3.63) is 59.1 Å². The molecule has 0 amide bonds. The van der Waals surface area contributed by atoms with Crippen molar-refractivity contribution in [2.75, 3.05) is 5.73 Å². The molecular formula is C19H14BrN7. The molecule has 0 bridgehead atoms. The third-order valence-corrected chi connectivity index (χ3v) is 5.09. The van der Waals surface area contributed by atoms with Gasteiger partial charge in [-0.15, -0.1) is 10.2 Å². The number of rotatable bonds is 2. The largest absolute Gasteiger partial charge is 0.383 e. The molecule has 2 N–H and O–H groups in total. The first-order valence-electron chi connectivity index (χ1n) is 8.31. The minimum atomic E-state index is 0.342. The highest BCUT2D eigenvalue weighted by Gasteiger charge is 2.16. The van der Waals surface area contributed by atoms with Crippen LogP contribution >= 0.6 is 15.9 Å². The van der Waals surface area contributed by atoms with Crippen LogP contribution in [-0.2, 0) is 7.05 Å². The van der Waals surface area contributed by atoms with Gasteiger partial charge in [-0.25, -0.2) is 0 Å². The van der Waals surface area contributed by atoms with Gasteiger partial charge in [-0.05, 0) is 18.2 Å². The topological polar surface area (TPSA) is 87.4 Å². The molecule has 132 valence electrons. The van der Waals surface area contributed by atoms with Gasteiger partial charge in [0.25, 0.3) is 5.95 Å². The molecule has 0 radical (unpaired) electrons. The van der Waals surface area contributed by atoms with Gasteiger partial charge >= 0.3 is 0 Å². The van der Waals surface area contributed by atoms with Gasteiger partial charge in [0.2, 0.25) is 0 Å². The van der Waals surface area contributed by atoms with Crippen LogP contribution in [0.15, 0.2) is 59.1 Å².